The zero-order valence-electron chi connectivity index (χ0n) is 10.5. The van der Waals surface area contributed by atoms with Crippen LogP contribution in [-0.4, -0.2) is 32.7 Å². The molecule has 1 aromatic rings. The number of amides is 1. The van der Waals surface area contributed by atoms with E-state index in [4.69, 9.17) is 9.47 Å². The molecule has 0 saturated carbocycles. The van der Waals surface area contributed by atoms with Crippen molar-refractivity contribution in [1.82, 2.24) is 10.6 Å². The lowest BCUT2D eigenvalue weighted by atomic mass is 10.1. The Morgan fingerprint density at radius 2 is 2.17 bits per heavy atom. The average Bonchev–Trinajstić information content (AvgIpc) is 2.43. The summed E-state index contributed by atoms with van der Waals surface area (Å²) >= 11 is 0. The fourth-order valence-corrected chi connectivity index (χ4v) is 1.82. The molecule has 2 N–H and O–H groups in total. The second-order valence-electron chi connectivity index (χ2n) is 4.04. The van der Waals surface area contributed by atoms with Crippen molar-refractivity contribution in [1.29, 1.82) is 0 Å². The van der Waals surface area contributed by atoms with Gasteiger partial charge in [-0.15, -0.1) is 0 Å². The molecule has 0 radical (unpaired) electrons. The summed E-state index contributed by atoms with van der Waals surface area (Å²) in [6, 6.07) is 5.85. The van der Waals surface area contributed by atoms with Crippen molar-refractivity contribution < 1.29 is 14.3 Å². The Morgan fingerprint density at radius 1 is 1.33 bits per heavy atom. The summed E-state index contributed by atoms with van der Waals surface area (Å²) in [5, 5.41) is 5.81. The molecule has 1 aliphatic rings. The van der Waals surface area contributed by atoms with Gasteiger partial charge in [-0.25, -0.2) is 0 Å². The monoisotopic (exact) mass is 250 g/mol. The van der Waals surface area contributed by atoms with Crippen molar-refractivity contribution in [3.05, 3.63) is 23.8 Å². The van der Waals surface area contributed by atoms with Gasteiger partial charge in [0.25, 0.3) is 0 Å². The van der Waals surface area contributed by atoms with Crippen LogP contribution in [0, 0.1) is 0 Å². The normalized spacial score (nSPS) is 13.2. The maximum atomic E-state index is 11.1. The summed E-state index contributed by atoms with van der Waals surface area (Å²) in [6.45, 7) is 2.50. The van der Waals surface area contributed by atoms with Gasteiger partial charge >= 0.3 is 0 Å². The molecule has 0 aromatic heterocycles. The summed E-state index contributed by atoms with van der Waals surface area (Å²) in [5.41, 5.74) is 1.06. The predicted octanol–water partition coefficient (Wildman–Crippen LogP) is 0.683. The minimum absolute atomic E-state index is 0.0390. The molecule has 0 saturated heterocycles. The molecular formula is C13H18N2O3. The molecule has 1 heterocycles. The number of ether oxygens (including phenoxy) is 2. The fraction of sp³-hybridized carbons (Fsp3) is 0.462. The summed E-state index contributed by atoms with van der Waals surface area (Å²) in [6.07, 6.45) is 0.475. The Kier molecular flexibility index (Phi) is 4.41. The lowest BCUT2D eigenvalue weighted by Crippen LogP contribution is -2.25. The van der Waals surface area contributed by atoms with Crippen LogP contribution in [0.15, 0.2) is 18.2 Å². The number of carbonyl (C=O) groups is 1. The first-order valence-electron chi connectivity index (χ1n) is 6.10. The number of fused-ring (bicyclic) bond motifs is 1. The van der Waals surface area contributed by atoms with Crippen LogP contribution in [-0.2, 0) is 11.3 Å². The van der Waals surface area contributed by atoms with Gasteiger partial charge in [0.1, 0.15) is 13.2 Å². The van der Waals surface area contributed by atoms with Crippen molar-refractivity contribution >= 4 is 5.91 Å². The van der Waals surface area contributed by atoms with E-state index in [1.54, 1.807) is 7.05 Å². The highest BCUT2D eigenvalue weighted by molar-refractivity contribution is 5.75. The molecule has 0 spiro atoms. The van der Waals surface area contributed by atoms with Crippen LogP contribution in [0.3, 0.4) is 0 Å². The van der Waals surface area contributed by atoms with E-state index in [2.05, 4.69) is 10.6 Å². The lowest BCUT2D eigenvalue weighted by Gasteiger charge is -2.21. The molecule has 2 rings (SSSR count). The molecule has 5 heteroatoms. The van der Waals surface area contributed by atoms with Crippen LogP contribution < -0.4 is 20.1 Å². The molecule has 1 aromatic carbocycles. The van der Waals surface area contributed by atoms with Crippen LogP contribution in [0.2, 0.25) is 0 Å². The van der Waals surface area contributed by atoms with Gasteiger partial charge in [0.2, 0.25) is 5.91 Å². The number of para-hydroxylation sites is 1. The predicted molar refractivity (Wildman–Crippen MR) is 67.8 cm³/mol. The highest BCUT2D eigenvalue weighted by atomic mass is 16.6. The molecule has 0 aliphatic carbocycles. The van der Waals surface area contributed by atoms with Gasteiger partial charge in [-0.3, -0.25) is 4.79 Å². The van der Waals surface area contributed by atoms with Gasteiger partial charge in [-0.05, 0) is 6.07 Å². The Morgan fingerprint density at radius 3 is 3.00 bits per heavy atom. The van der Waals surface area contributed by atoms with Gasteiger partial charge < -0.3 is 20.1 Å². The van der Waals surface area contributed by atoms with Crippen LogP contribution >= 0.6 is 0 Å². The number of hydrogen-bond donors (Lipinski definition) is 2. The third-order valence-electron chi connectivity index (χ3n) is 2.77. The van der Waals surface area contributed by atoms with Crippen molar-refractivity contribution in [3.8, 4) is 11.5 Å². The maximum absolute atomic E-state index is 11.1. The minimum atomic E-state index is 0.0390. The van der Waals surface area contributed by atoms with Crippen molar-refractivity contribution in [2.24, 2.45) is 0 Å². The van der Waals surface area contributed by atoms with Crippen molar-refractivity contribution in [2.45, 2.75) is 13.0 Å². The standard InChI is InChI=1S/C13H18N2O3/c1-14-12(16)5-6-15-9-10-3-2-4-11-13(10)18-8-7-17-11/h2-4,15H,5-9H2,1H3,(H,14,16). The van der Waals surface area contributed by atoms with Crippen molar-refractivity contribution in [3.63, 3.8) is 0 Å². The molecule has 0 fully saturated rings. The highest BCUT2D eigenvalue weighted by Crippen LogP contribution is 2.33. The van der Waals surface area contributed by atoms with Crippen LogP contribution in [0.4, 0.5) is 0 Å². The molecule has 0 atom stereocenters. The minimum Gasteiger partial charge on any atom is -0.486 e. The second kappa shape index (κ2) is 6.26. The highest BCUT2D eigenvalue weighted by Gasteiger charge is 2.14. The topological polar surface area (TPSA) is 59.6 Å². The Hall–Kier alpha value is -1.75. The largest absolute Gasteiger partial charge is 0.486 e. The van der Waals surface area contributed by atoms with Gasteiger partial charge in [0.15, 0.2) is 11.5 Å². The van der Waals surface area contributed by atoms with E-state index in [0.29, 0.717) is 32.7 Å². The van der Waals surface area contributed by atoms with E-state index < -0.39 is 0 Å². The molecule has 18 heavy (non-hydrogen) atoms. The van der Waals surface area contributed by atoms with Gasteiger partial charge in [0, 0.05) is 32.1 Å². The van der Waals surface area contributed by atoms with E-state index in [-0.39, 0.29) is 5.91 Å². The van der Waals surface area contributed by atoms with E-state index >= 15 is 0 Å². The van der Waals surface area contributed by atoms with Gasteiger partial charge in [-0.2, -0.15) is 0 Å². The zero-order chi connectivity index (χ0) is 12.8. The first-order valence-corrected chi connectivity index (χ1v) is 6.10. The first kappa shape index (κ1) is 12.7. The van der Waals surface area contributed by atoms with E-state index in [9.17, 15) is 4.79 Å². The summed E-state index contributed by atoms with van der Waals surface area (Å²) in [7, 11) is 1.64. The van der Waals surface area contributed by atoms with Crippen LogP contribution in [0.1, 0.15) is 12.0 Å². The molecule has 1 amide bonds. The number of benzene rings is 1. The van der Waals surface area contributed by atoms with E-state index in [1.807, 2.05) is 18.2 Å². The summed E-state index contributed by atoms with van der Waals surface area (Å²) < 4.78 is 11.1. The number of rotatable bonds is 5. The van der Waals surface area contributed by atoms with Gasteiger partial charge in [-0.1, -0.05) is 12.1 Å². The van der Waals surface area contributed by atoms with Crippen LogP contribution in [0.25, 0.3) is 0 Å². The third kappa shape index (κ3) is 3.13. The summed E-state index contributed by atoms with van der Waals surface area (Å²) in [4.78, 5) is 11.1. The number of hydrogen-bond acceptors (Lipinski definition) is 4. The summed E-state index contributed by atoms with van der Waals surface area (Å²) in [5.74, 6) is 1.65. The van der Waals surface area contributed by atoms with E-state index in [1.165, 1.54) is 0 Å². The second-order valence-corrected chi connectivity index (χ2v) is 4.04. The maximum Gasteiger partial charge on any atom is 0.221 e. The van der Waals surface area contributed by atoms with Crippen LogP contribution in [0.5, 0.6) is 11.5 Å². The SMILES string of the molecule is CNC(=O)CCNCc1cccc2c1OCCO2. The Bertz CT molecular complexity index is 421. The Balaban J connectivity index is 1.88. The lowest BCUT2D eigenvalue weighted by molar-refractivity contribution is -0.120. The third-order valence-corrected chi connectivity index (χ3v) is 2.77. The molecule has 0 bridgehead atoms. The average molecular weight is 250 g/mol. The molecular weight excluding hydrogens is 232 g/mol. The first-order chi connectivity index (χ1) is 8.81. The number of nitrogens with one attached hydrogen (secondary N) is 2. The molecule has 98 valence electrons. The zero-order valence-corrected chi connectivity index (χ0v) is 10.5. The molecule has 1 aliphatic heterocycles. The Labute approximate surface area is 106 Å². The smallest absolute Gasteiger partial charge is 0.221 e. The van der Waals surface area contributed by atoms with Crippen molar-refractivity contribution in [2.75, 3.05) is 26.8 Å². The number of carbonyl (C=O) groups excluding carboxylic acids is 1. The van der Waals surface area contributed by atoms with Gasteiger partial charge in [0.05, 0.1) is 0 Å². The quantitative estimate of drug-likeness (QED) is 0.755. The molecule has 0 unspecified atom stereocenters. The molecule has 5 nitrogen and oxygen atoms in total. The fourth-order valence-electron chi connectivity index (χ4n) is 1.82. The van der Waals surface area contributed by atoms with E-state index in [0.717, 1.165) is 17.1 Å².